The zero-order valence-electron chi connectivity index (χ0n) is 13.3. The van der Waals surface area contributed by atoms with Crippen LogP contribution in [0.3, 0.4) is 0 Å². The Balaban J connectivity index is 2.24. The minimum atomic E-state index is 0.676. The Hall–Kier alpha value is -1.09. The Morgan fingerprint density at radius 1 is 1.25 bits per heavy atom. The molecule has 20 heavy (non-hydrogen) atoms. The lowest BCUT2D eigenvalue weighted by Crippen LogP contribution is -2.39. The zero-order chi connectivity index (χ0) is 14.4. The van der Waals surface area contributed by atoms with Crippen LogP contribution in [0.4, 0.5) is 5.82 Å². The van der Waals surface area contributed by atoms with E-state index in [1.54, 1.807) is 0 Å². The molecular formula is C17H29N3. The maximum Gasteiger partial charge on any atom is 0.129 e. The van der Waals surface area contributed by atoms with Crippen molar-refractivity contribution in [3.8, 4) is 0 Å². The molecular weight excluding hydrogens is 246 g/mol. The van der Waals surface area contributed by atoms with E-state index in [9.17, 15) is 0 Å². The van der Waals surface area contributed by atoms with Crippen LogP contribution in [-0.4, -0.2) is 24.1 Å². The van der Waals surface area contributed by atoms with Gasteiger partial charge in [0.2, 0.25) is 0 Å². The SMILES string of the molecule is CCNCc1cc(CC)nc(N2CCCCC2CC)c1. The number of nitrogens with zero attached hydrogens (tertiary/aromatic N) is 2. The fourth-order valence-electron chi connectivity index (χ4n) is 3.06. The van der Waals surface area contributed by atoms with Crippen LogP contribution in [0.15, 0.2) is 12.1 Å². The number of piperidine rings is 1. The van der Waals surface area contributed by atoms with Crippen molar-refractivity contribution in [1.29, 1.82) is 0 Å². The molecule has 112 valence electrons. The predicted molar refractivity (Wildman–Crippen MR) is 86.3 cm³/mol. The number of aromatic nitrogens is 1. The molecule has 1 aliphatic rings. The molecule has 0 radical (unpaired) electrons. The van der Waals surface area contributed by atoms with Crippen LogP contribution in [0.2, 0.25) is 0 Å². The lowest BCUT2D eigenvalue weighted by molar-refractivity contribution is 0.446. The van der Waals surface area contributed by atoms with Crippen molar-refractivity contribution in [2.45, 2.75) is 65.5 Å². The molecule has 1 atom stereocenters. The lowest BCUT2D eigenvalue weighted by Gasteiger charge is -2.36. The molecule has 1 aromatic rings. The second-order valence-electron chi connectivity index (χ2n) is 5.71. The van der Waals surface area contributed by atoms with Crippen molar-refractivity contribution in [3.05, 3.63) is 23.4 Å². The summed E-state index contributed by atoms with van der Waals surface area (Å²) >= 11 is 0. The van der Waals surface area contributed by atoms with Gasteiger partial charge in [-0.3, -0.25) is 0 Å². The molecule has 0 amide bonds. The van der Waals surface area contributed by atoms with Gasteiger partial charge in [-0.1, -0.05) is 20.8 Å². The summed E-state index contributed by atoms with van der Waals surface area (Å²) in [6.45, 7) is 9.77. The summed E-state index contributed by atoms with van der Waals surface area (Å²) in [6.07, 6.45) is 6.22. The largest absolute Gasteiger partial charge is 0.354 e. The van der Waals surface area contributed by atoms with Crippen molar-refractivity contribution < 1.29 is 0 Å². The molecule has 0 aliphatic carbocycles. The normalized spacial score (nSPS) is 19.4. The van der Waals surface area contributed by atoms with Crippen molar-refractivity contribution in [3.63, 3.8) is 0 Å². The smallest absolute Gasteiger partial charge is 0.129 e. The van der Waals surface area contributed by atoms with Crippen molar-refractivity contribution >= 4 is 5.82 Å². The van der Waals surface area contributed by atoms with Gasteiger partial charge in [0.15, 0.2) is 0 Å². The maximum absolute atomic E-state index is 4.88. The average Bonchev–Trinajstić information content (AvgIpc) is 2.52. The fraction of sp³-hybridized carbons (Fsp3) is 0.706. The molecule has 1 unspecified atom stereocenters. The quantitative estimate of drug-likeness (QED) is 0.861. The molecule has 1 saturated heterocycles. The number of pyridine rings is 1. The van der Waals surface area contributed by atoms with Crippen LogP contribution >= 0.6 is 0 Å². The second kappa shape index (κ2) is 7.63. The van der Waals surface area contributed by atoms with E-state index < -0.39 is 0 Å². The molecule has 0 aromatic carbocycles. The van der Waals surface area contributed by atoms with E-state index in [-0.39, 0.29) is 0 Å². The van der Waals surface area contributed by atoms with Crippen molar-refractivity contribution in [2.75, 3.05) is 18.0 Å². The van der Waals surface area contributed by atoms with Gasteiger partial charge in [-0.05, 0) is 56.3 Å². The summed E-state index contributed by atoms with van der Waals surface area (Å²) in [7, 11) is 0. The summed E-state index contributed by atoms with van der Waals surface area (Å²) in [5.74, 6) is 1.20. The average molecular weight is 275 g/mol. The third-order valence-corrected chi connectivity index (χ3v) is 4.26. The molecule has 1 aromatic heterocycles. The zero-order valence-corrected chi connectivity index (χ0v) is 13.3. The molecule has 0 bridgehead atoms. The molecule has 0 saturated carbocycles. The third kappa shape index (κ3) is 3.72. The van der Waals surface area contributed by atoms with Gasteiger partial charge in [0.1, 0.15) is 5.82 Å². The van der Waals surface area contributed by atoms with E-state index in [4.69, 9.17) is 4.98 Å². The third-order valence-electron chi connectivity index (χ3n) is 4.26. The molecule has 2 heterocycles. The van der Waals surface area contributed by atoms with Gasteiger partial charge in [-0.25, -0.2) is 4.98 Å². The first kappa shape index (κ1) is 15.3. The highest BCUT2D eigenvalue weighted by atomic mass is 15.2. The molecule has 3 heteroatoms. The van der Waals surface area contributed by atoms with E-state index in [2.05, 4.69) is 43.1 Å². The van der Waals surface area contributed by atoms with Crippen molar-refractivity contribution in [1.82, 2.24) is 10.3 Å². The Labute approximate surface area is 123 Å². The van der Waals surface area contributed by atoms with E-state index in [0.717, 1.165) is 19.5 Å². The van der Waals surface area contributed by atoms with Gasteiger partial charge >= 0.3 is 0 Å². The standard InChI is InChI=1S/C17H29N3/c1-4-15-11-14(13-18-6-3)12-17(19-15)20-10-8-7-9-16(20)5-2/h11-12,16,18H,4-10,13H2,1-3H3. The highest BCUT2D eigenvalue weighted by Gasteiger charge is 2.22. The van der Waals surface area contributed by atoms with Crippen LogP contribution in [-0.2, 0) is 13.0 Å². The lowest BCUT2D eigenvalue weighted by atomic mass is 10.00. The second-order valence-corrected chi connectivity index (χ2v) is 5.71. The summed E-state index contributed by atoms with van der Waals surface area (Å²) in [5, 5.41) is 3.42. The number of anilines is 1. The first-order valence-corrected chi connectivity index (χ1v) is 8.25. The van der Waals surface area contributed by atoms with Crippen LogP contribution in [0.5, 0.6) is 0 Å². The Morgan fingerprint density at radius 3 is 2.80 bits per heavy atom. The molecule has 0 spiro atoms. The van der Waals surface area contributed by atoms with Gasteiger partial charge in [0.05, 0.1) is 0 Å². The monoisotopic (exact) mass is 275 g/mol. The summed E-state index contributed by atoms with van der Waals surface area (Å²) in [6, 6.07) is 5.21. The first-order valence-electron chi connectivity index (χ1n) is 8.25. The number of hydrogen-bond acceptors (Lipinski definition) is 3. The molecule has 1 N–H and O–H groups in total. The minimum absolute atomic E-state index is 0.676. The number of hydrogen-bond donors (Lipinski definition) is 1. The van der Waals surface area contributed by atoms with E-state index in [1.165, 1.54) is 49.3 Å². The van der Waals surface area contributed by atoms with Gasteiger partial charge in [0.25, 0.3) is 0 Å². The highest BCUT2D eigenvalue weighted by Crippen LogP contribution is 2.26. The first-order chi connectivity index (χ1) is 9.78. The highest BCUT2D eigenvalue weighted by molar-refractivity contribution is 5.44. The Morgan fingerprint density at radius 2 is 2.10 bits per heavy atom. The van der Waals surface area contributed by atoms with E-state index in [1.807, 2.05) is 0 Å². The topological polar surface area (TPSA) is 28.2 Å². The number of nitrogens with one attached hydrogen (secondary N) is 1. The number of aryl methyl sites for hydroxylation is 1. The summed E-state index contributed by atoms with van der Waals surface area (Å²) in [4.78, 5) is 7.42. The molecule has 2 rings (SSSR count). The van der Waals surface area contributed by atoms with Crippen LogP contribution in [0.1, 0.15) is 57.7 Å². The van der Waals surface area contributed by atoms with Crippen LogP contribution < -0.4 is 10.2 Å². The van der Waals surface area contributed by atoms with Gasteiger partial charge in [0, 0.05) is 24.8 Å². The van der Waals surface area contributed by atoms with Gasteiger partial charge < -0.3 is 10.2 Å². The maximum atomic E-state index is 4.88. The van der Waals surface area contributed by atoms with Crippen LogP contribution in [0.25, 0.3) is 0 Å². The number of rotatable bonds is 6. The fourth-order valence-corrected chi connectivity index (χ4v) is 3.06. The van der Waals surface area contributed by atoms with E-state index >= 15 is 0 Å². The van der Waals surface area contributed by atoms with Crippen molar-refractivity contribution in [2.24, 2.45) is 0 Å². The molecule has 1 fully saturated rings. The van der Waals surface area contributed by atoms with Gasteiger partial charge in [-0.15, -0.1) is 0 Å². The van der Waals surface area contributed by atoms with Crippen LogP contribution in [0, 0.1) is 0 Å². The van der Waals surface area contributed by atoms with E-state index in [0.29, 0.717) is 6.04 Å². The minimum Gasteiger partial charge on any atom is -0.354 e. The Bertz CT molecular complexity index is 417. The predicted octanol–water partition coefficient (Wildman–Crippen LogP) is 3.52. The summed E-state index contributed by atoms with van der Waals surface area (Å²) in [5.41, 5.74) is 2.59. The molecule has 1 aliphatic heterocycles. The summed E-state index contributed by atoms with van der Waals surface area (Å²) < 4.78 is 0. The molecule has 3 nitrogen and oxygen atoms in total. The van der Waals surface area contributed by atoms with Gasteiger partial charge in [-0.2, -0.15) is 0 Å². The Kier molecular flexibility index (Phi) is 5.84.